The van der Waals surface area contributed by atoms with Crippen LogP contribution >= 0.6 is 11.6 Å². The average molecular weight is 209 g/mol. The Morgan fingerprint density at radius 3 is 2.46 bits per heavy atom. The zero-order valence-corrected chi connectivity index (χ0v) is 8.93. The lowest BCUT2D eigenvalue weighted by atomic mass is 10.4. The van der Waals surface area contributed by atoms with Crippen molar-refractivity contribution < 1.29 is 9.53 Å². The number of alkyl halides is 1. The summed E-state index contributed by atoms with van der Waals surface area (Å²) in [6, 6.07) is 0. The van der Waals surface area contributed by atoms with Gasteiger partial charge < -0.3 is 15.8 Å². The first-order valence-electron chi connectivity index (χ1n) is 3.63. The van der Waals surface area contributed by atoms with Gasteiger partial charge in [0.15, 0.2) is 0 Å². The predicted molar refractivity (Wildman–Crippen MR) is 54.4 cm³/mol. The van der Waals surface area contributed by atoms with Crippen LogP contribution in [0.2, 0.25) is 0 Å². The molecule has 3 N–H and O–H groups in total. The third-order valence-corrected chi connectivity index (χ3v) is 1.54. The standard InChI is InChI=1S/C8H14ClNO2.H3N/c1-7(6-9)8(11)12-5-4-10(2)3;/h1,4-6H2,2-3H3;1H3. The molecule has 5 heteroatoms. The number of carbonyl (C=O) groups is 1. The second-order valence-electron chi connectivity index (χ2n) is 2.68. The Morgan fingerprint density at radius 2 is 2.08 bits per heavy atom. The summed E-state index contributed by atoms with van der Waals surface area (Å²) in [5.41, 5.74) is 0.301. The van der Waals surface area contributed by atoms with Crippen molar-refractivity contribution in [2.24, 2.45) is 0 Å². The zero-order valence-electron chi connectivity index (χ0n) is 8.18. The molecular weight excluding hydrogens is 192 g/mol. The van der Waals surface area contributed by atoms with Crippen LogP contribution in [-0.2, 0) is 9.53 Å². The minimum Gasteiger partial charge on any atom is -0.461 e. The van der Waals surface area contributed by atoms with E-state index < -0.39 is 5.97 Å². The molecule has 0 bridgehead atoms. The molecule has 0 aliphatic heterocycles. The number of hydrogen-bond donors (Lipinski definition) is 1. The van der Waals surface area contributed by atoms with E-state index >= 15 is 0 Å². The fraction of sp³-hybridized carbons (Fsp3) is 0.625. The lowest BCUT2D eigenvalue weighted by molar-refractivity contribution is -0.139. The highest BCUT2D eigenvalue weighted by Gasteiger charge is 2.06. The van der Waals surface area contributed by atoms with Gasteiger partial charge in [-0.1, -0.05) is 6.58 Å². The van der Waals surface area contributed by atoms with E-state index in [0.717, 1.165) is 0 Å². The van der Waals surface area contributed by atoms with E-state index in [1.54, 1.807) is 0 Å². The van der Waals surface area contributed by atoms with Gasteiger partial charge in [-0.25, -0.2) is 4.79 Å². The van der Waals surface area contributed by atoms with Crippen LogP contribution < -0.4 is 6.15 Å². The van der Waals surface area contributed by atoms with Crippen molar-refractivity contribution in [3.63, 3.8) is 0 Å². The number of hydrogen-bond acceptors (Lipinski definition) is 4. The average Bonchev–Trinajstić information content (AvgIpc) is 2.02. The third kappa shape index (κ3) is 7.77. The van der Waals surface area contributed by atoms with E-state index in [9.17, 15) is 4.79 Å². The SMILES string of the molecule is C=C(CCl)C(=O)OCCN(C)C.N. The molecule has 0 saturated carbocycles. The summed E-state index contributed by atoms with van der Waals surface area (Å²) in [5, 5.41) is 0. The molecule has 0 aromatic rings. The summed E-state index contributed by atoms with van der Waals surface area (Å²) in [4.78, 5) is 12.9. The molecule has 4 nitrogen and oxygen atoms in total. The molecule has 78 valence electrons. The maximum Gasteiger partial charge on any atom is 0.334 e. The first-order valence-corrected chi connectivity index (χ1v) is 4.17. The van der Waals surface area contributed by atoms with Crippen LogP contribution in [0.25, 0.3) is 0 Å². The molecule has 0 unspecified atom stereocenters. The Morgan fingerprint density at radius 1 is 1.54 bits per heavy atom. The van der Waals surface area contributed by atoms with Gasteiger partial charge in [-0.3, -0.25) is 0 Å². The van der Waals surface area contributed by atoms with Crippen molar-refractivity contribution in [2.75, 3.05) is 33.1 Å². The molecule has 0 saturated heterocycles. The monoisotopic (exact) mass is 208 g/mol. The molecule has 0 radical (unpaired) electrons. The summed E-state index contributed by atoms with van der Waals surface area (Å²) in [7, 11) is 3.81. The number of carbonyl (C=O) groups excluding carboxylic acids is 1. The van der Waals surface area contributed by atoms with Crippen molar-refractivity contribution >= 4 is 17.6 Å². The topological polar surface area (TPSA) is 64.5 Å². The summed E-state index contributed by atoms with van der Waals surface area (Å²) in [6.45, 7) is 4.54. The van der Waals surface area contributed by atoms with Gasteiger partial charge in [0.25, 0.3) is 0 Å². The third-order valence-electron chi connectivity index (χ3n) is 1.22. The molecule has 0 aliphatic rings. The van der Waals surface area contributed by atoms with E-state index in [1.807, 2.05) is 19.0 Å². The molecule has 0 aromatic heterocycles. The molecule has 0 atom stereocenters. The van der Waals surface area contributed by atoms with Gasteiger partial charge in [0.05, 0.1) is 5.88 Å². The molecule has 0 rings (SSSR count). The van der Waals surface area contributed by atoms with Gasteiger partial charge in [0.1, 0.15) is 6.61 Å². The summed E-state index contributed by atoms with van der Waals surface area (Å²) in [5.74, 6) is -0.285. The van der Waals surface area contributed by atoms with Gasteiger partial charge >= 0.3 is 5.97 Å². The first-order chi connectivity index (χ1) is 5.57. The molecule has 0 aromatic carbocycles. The number of nitrogens with zero attached hydrogens (tertiary/aromatic N) is 1. The summed E-state index contributed by atoms with van der Waals surface area (Å²) < 4.78 is 4.84. The Labute approximate surface area is 84.1 Å². The molecule has 0 fully saturated rings. The van der Waals surface area contributed by atoms with Crippen molar-refractivity contribution in [3.8, 4) is 0 Å². The van der Waals surface area contributed by atoms with Crippen LogP contribution in [0.5, 0.6) is 0 Å². The predicted octanol–water partition coefficient (Wildman–Crippen LogP) is 1.05. The molecule has 0 amide bonds. The van der Waals surface area contributed by atoms with Gasteiger partial charge in [0, 0.05) is 12.1 Å². The minimum atomic E-state index is -0.410. The summed E-state index contributed by atoms with van der Waals surface area (Å²) >= 11 is 5.38. The molecule has 0 aliphatic carbocycles. The van der Waals surface area contributed by atoms with E-state index in [-0.39, 0.29) is 12.0 Å². The molecule has 13 heavy (non-hydrogen) atoms. The van der Waals surface area contributed by atoms with Crippen LogP contribution in [0.15, 0.2) is 12.2 Å². The smallest absolute Gasteiger partial charge is 0.334 e. The van der Waals surface area contributed by atoms with Crippen molar-refractivity contribution in [1.29, 1.82) is 0 Å². The fourth-order valence-electron chi connectivity index (χ4n) is 0.478. The highest BCUT2D eigenvalue weighted by molar-refractivity contribution is 6.22. The van der Waals surface area contributed by atoms with E-state index in [2.05, 4.69) is 6.58 Å². The van der Waals surface area contributed by atoms with Crippen LogP contribution in [-0.4, -0.2) is 44.0 Å². The Bertz CT molecular complexity index is 172. The van der Waals surface area contributed by atoms with Crippen molar-refractivity contribution in [1.82, 2.24) is 11.1 Å². The second-order valence-corrected chi connectivity index (χ2v) is 2.94. The van der Waals surface area contributed by atoms with Gasteiger partial charge in [0.2, 0.25) is 0 Å². The lowest BCUT2D eigenvalue weighted by Crippen LogP contribution is -2.20. The fourth-order valence-corrected chi connectivity index (χ4v) is 0.587. The Balaban J connectivity index is 0. The van der Waals surface area contributed by atoms with E-state index in [4.69, 9.17) is 16.3 Å². The molecule has 0 heterocycles. The van der Waals surface area contributed by atoms with Crippen LogP contribution in [0.4, 0.5) is 0 Å². The maximum absolute atomic E-state index is 10.9. The van der Waals surface area contributed by atoms with Crippen LogP contribution in [0.1, 0.15) is 0 Å². The number of ether oxygens (including phenoxy) is 1. The molecular formula is C8H17ClN2O2. The normalized spacial score (nSPS) is 9.23. The minimum absolute atomic E-state index is 0. The Hall–Kier alpha value is -0.580. The number of esters is 1. The quantitative estimate of drug-likeness (QED) is 0.417. The van der Waals surface area contributed by atoms with E-state index in [1.165, 1.54) is 0 Å². The van der Waals surface area contributed by atoms with Gasteiger partial charge in [-0.05, 0) is 14.1 Å². The Kier molecular flexibility index (Phi) is 9.22. The van der Waals surface area contributed by atoms with Gasteiger partial charge in [-0.2, -0.15) is 0 Å². The zero-order chi connectivity index (χ0) is 9.56. The second kappa shape index (κ2) is 8.04. The van der Waals surface area contributed by atoms with Crippen molar-refractivity contribution in [2.45, 2.75) is 0 Å². The maximum atomic E-state index is 10.9. The van der Waals surface area contributed by atoms with Crippen molar-refractivity contribution in [3.05, 3.63) is 12.2 Å². The van der Waals surface area contributed by atoms with Crippen LogP contribution in [0, 0.1) is 0 Å². The lowest BCUT2D eigenvalue weighted by Gasteiger charge is -2.09. The first kappa shape index (κ1) is 14.9. The largest absolute Gasteiger partial charge is 0.461 e. The van der Waals surface area contributed by atoms with Gasteiger partial charge in [-0.15, -0.1) is 11.6 Å². The number of halogens is 1. The highest BCUT2D eigenvalue weighted by Crippen LogP contribution is 1.96. The summed E-state index contributed by atoms with van der Waals surface area (Å²) in [6.07, 6.45) is 0. The highest BCUT2D eigenvalue weighted by atomic mass is 35.5. The van der Waals surface area contributed by atoms with E-state index in [0.29, 0.717) is 18.7 Å². The number of rotatable bonds is 5. The molecule has 0 spiro atoms. The number of likely N-dealkylation sites (N-methyl/N-ethyl adjacent to an activating group) is 1. The van der Waals surface area contributed by atoms with Crippen LogP contribution in [0.3, 0.4) is 0 Å².